The lowest BCUT2D eigenvalue weighted by Crippen LogP contribution is -2.48. The number of rotatable bonds is 4. The molecule has 1 saturated carbocycles. The average Bonchev–Trinajstić information content (AvgIpc) is 2.42. The average molecular weight is 279 g/mol. The van der Waals surface area contributed by atoms with Crippen molar-refractivity contribution in [3.8, 4) is 0 Å². The number of carboxylic acids is 1. The van der Waals surface area contributed by atoms with Crippen LogP contribution in [0.5, 0.6) is 0 Å². The first kappa shape index (κ1) is 14.2. The summed E-state index contributed by atoms with van der Waals surface area (Å²) in [5.74, 6) is -0.612. The first-order valence-corrected chi connectivity index (χ1v) is 6.55. The van der Waals surface area contributed by atoms with Crippen molar-refractivity contribution in [3.63, 3.8) is 0 Å². The summed E-state index contributed by atoms with van der Waals surface area (Å²) in [5.41, 5.74) is -0.503. The van der Waals surface area contributed by atoms with Crippen molar-refractivity contribution >= 4 is 17.5 Å². The van der Waals surface area contributed by atoms with Crippen LogP contribution in [0.3, 0.4) is 0 Å². The van der Waals surface area contributed by atoms with Gasteiger partial charge >= 0.3 is 11.8 Å². The Morgan fingerprint density at radius 2 is 2.15 bits per heavy atom. The van der Waals surface area contributed by atoms with E-state index < -0.39 is 16.4 Å². The normalized spacial score (nSPS) is 25.9. The molecule has 0 bridgehead atoms. The smallest absolute Gasteiger partial charge is 0.363 e. The minimum Gasteiger partial charge on any atom is -0.480 e. The Morgan fingerprint density at radius 1 is 1.50 bits per heavy atom. The van der Waals surface area contributed by atoms with Crippen LogP contribution in [0.15, 0.2) is 18.3 Å². The van der Waals surface area contributed by atoms with E-state index in [2.05, 4.69) is 17.2 Å². The van der Waals surface area contributed by atoms with Crippen molar-refractivity contribution in [2.75, 3.05) is 5.32 Å². The van der Waals surface area contributed by atoms with Gasteiger partial charge in [0, 0.05) is 6.07 Å². The molecule has 1 fully saturated rings. The summed E-state index contributed by atoms with van der Waals surface area (Å²) in [5, 5.41) is 23.0. The molecule has 1 heterocycles. The molecule has 0 radical (unpaired) electrons. The largest absolute Gasteiger partial charge is 0.480 e. The quantitative estimate of drug-likeness (QED) is 0.647. The van der Waals surface area contributed by atoms with Crippen LogP contribution in [-0.2, 0) is 4.79 Å². The van der Waals surface area contributed by atoms with Gasteiger partial charge in [0.15, 0.2) is 6.20 Å². The summed E-state index contributed by atoms with van der Waals surface area (Å²) < 4.78 is 0. The summed E-state index contributed by atoms with van der Waals surface area (Å²) in [4.78, 5) is 25.2. The van der Waals surface area contributed by atoms with E-state index in [1.165, 1.54) is 18.3 Å². The van der Waals surface area contributed by atoms with Gasteiger partial charge in [-0.15, -0.1) is 0 Å². The molecule has 0 saturated heterocycles. The van der Waals surface area contributed by atoms with Gasteiger partial charge in [-0.05, 0) is 47.6 Å². The number of nitrogens with one attached hydrogen (secondary N) is 1. The van der Waals surface area contributed by atoms with E-state index in [-0.39, 0.29) is 5.82 Å². The first-order chi connectivity index (χ1) is 9.43. The molecule has 20 heavy (non-hydrogen) atoms. The van der Waals surface area contributed by atoms with Gasteiger partial charge in [0.05, 0.1) is 5.69 Å². The standard InChI is InChI=1S/C13H17N3O4/c1-9-4-6-13(7-5-9,12(17)18)15-10-2-3-11(14-8-10)16(19)20/h2-3,8-9,15H,4-7H2,1H3,(H,17,18). The summed E-state index contributed by atoms with van der Waals surface area (Å²) in [6.07, 6.45) is 4.08. The van der Waals surface area contributed by atoms with Crippen molar-refractivity contribution in [2.45, 2.75) is 38.1 Å². The van der Waals surface area contributed by atoms with Crippen molar-refractivity contribution in [1.29, 1.82) is 0 Å². The third-order valence-corrected chi connectivity index (χ3v) is 3.86. The molecule has 7 heteroatoms. The van der Waals surface area contributed by atoms with Crippen LogP contribution in [-0.4, -0.2) is 26.5 Å². The topological polar surface area (TPSA) is 105 Å². The number of carboxylic acid groups (broad SMARTS) is 1. The lowest BCUT2D eigenvalue weighted by Gasteiger charge is -2.36. The lowest BCUT2D eigenvalue weighted by atomic mass is 9.77. The Balaban J connectivity index is 2.16. The molecule has 7 nitrogen and oxygen atoms in total. The highest BCUT2D eigenvalue weighted by molar-refractivity contribution is 5.82. The van der Waals surface area contributed by atoms with E-state index in [1.54, 1.807) is 0 Å². The van der Waals surface area contributed by atoms with Gasteiger partial charge in [-0.25, -0.2) is 4.79 Å². The van der Waals surface area contributed by atoms with E-state index in [9.17, 15) is 20.0 Å². The molecule has 1 aromatic rings. The van der Waals surface area contributed by atoms with E-state index in [1.807, 2.05) is 0 Å². The zero-order valence-electron chi connectivity index (χ0n) is 11.2. The predicted molar refractivity (Wildman–Crippen MR) is 72.5 cm³/mol. The molecule has 0 atom stereocenters. The fourth-order valence-electron chi connectivity index (χ4n) is 2.49. The van der Waals surface area contributed by atoms with Gasteiger partial charge in [0.25, 0.3) is 0 Å². The van der Waals surface area contributed by atoms with Crippen molar-refractivity contribution < 1.29 is 14.8 Å². The van der Waals surface area contributed by atoms with Gasteiger partial charge < -0.3 is 20.5 Å². The van der Waals surface area contributed by atoms with Gasteiger partial charge in [-0.3, -0.25) is 0 Å². The van der Waals surface area contributed by atoms with Crippen LogP contribution in [0.4, 0.5) is 11.5 Å². The molecule has 0 aliphatic heterocycles. The SMILES string of the molecule is CC1CCC(Nc2ccc([N+](=O)[O-])nc2)(C(=O)O)CC1. The summed E-state index contributed by atoms with van der Waals surface area (Å²) in [6.45, 7) is 2.11. The van der Waals surface area contributed by atoms with Gasteiger partial charge in [-0.2, -0.15) is 0 Å². The maximum absolute atomic E-state index is 11.6. The molecule has 1 aliphatic rings. The van der Waals surface area contributed by atoms with Crippen molar-refractivity contribution in [1.82, 2.24) is 4.98 Å². The maximum Gasteiger partial charge on any atom is 0.363 e. The minimum absolute atomic E-state index is 0.253. The van der Waals surface area contributed by atoms with Crippen LogP contribution in [0.2, 0.25) is 0 Å². The summed E-state index contributed by atoms with van der Waals surface area (Å²) in [6, 6.07) is 2.76. The zero-order valence-corrected chi connectivity index (χ0v) is 11.2. The Morgan fingerprint density at radius 3 is 2.60 bits per heavy atom. The number of nitro groups is 1. The van der Waals surface area contributed by atoms with Crippen molar-refractivity contribution in [3.05, 3.63) is 28.4 Å². The number of hydrogen-bond acceptors (Lipinski definition) is 5. The maximum atomic E-state index is 11.6. The number of hydrogen-bond donors (Lipinski definition) is 2. The Hall–Kier alpha value is -2.18. The van der Waals surface area contributed by atoms with E-state index in [0.29, 0.717) is 24.4 Å². The van der Waals surface area contributed by atoms with Gasteiger partial charge in [0.1, 0.15) is 5.54 Å². The fraction of sp³-hybridized carbons (Fsp3) is 0.538. The second kappa shape index (κ2) is 5.44. The van der Waals surface area contributed by atoms with E-state index in [4.69, 9.17) is 0 Å². The zero-order chi connectivity index (χ0) is 14.8. The molecule has 1 aliphatic carbocycles. The second-order valence-electron chi connectivity index (χ2n) is 5.36. The summed E-state index contributed by atoms with van der Waals surface area (Å²) >= 11 is 0. The third-order valence-electron chi connectivity index (χ3n) is 3.86. The number of nitrogens with zero attached hydrogens (tertiary/aromatic N) is 2. The number of carbonyl (C=O) groups is 1. The molecule has 0 unspecified atom stereocenters. The molecular formula is C13H17N3O4. The Kier molecular flexibility index (Phi) is 3.87. The predicted octanol–water partition coefficient (Wildman–Crippen LogP) is 2.44. The monoisotopic (exact) mass is 279 g/mol. The molecule has 0 spiro atoms. The number of pyridine rings is 1. The van der Waals surface area contributed by atoms with Crippen LogP contribution < -0.4 is 5.32 Å². The number of anilines is 1. The molecule has 2 N–H and O–H groups in total. The van der Waals surface area contributed by atoms with Crippen LogP contribution in [0, 0.1) is 16.0 Å². The lowest BCUT2D eigenvalue weighted by molar-refractivity contribution is -0.389. The van der Waals surface area contributed by atoms with E-state index >= 15 is 0 Å². The Bertz CT molecular complexity index is 507. The number of aromatic nitrogens is 1. The highest BCUT2D eigenvalue weighted by Gasteiger charge is 2.41. The molecular weight excluding hydrogens is 262 g/mol. The third kappa shape index (κ3) is 2.87. The highest BCUT2D eigenvalue weighted by atomic mass is 16.6. The number of aliphatic carboxylic acids is 1. The molecule has 1 aromatic heterocycles. The second-order valence-corrected chi connectivity index (χ2v) is 5.36. The fourth-order valence-corrected chi connectivity index (χ4v) is 2.49. The minimum atomic E-state index is -0.996. The van der Waals surface area contributed by atoms with Crippen LogP contribution in [0.25, 0.3) is 0 Å². The molecule has 0 amide bonds. The van der Waals surface area contributed by atoms with Crippen molar-refractivity contribution in [2.24, 2.45) is 5.92 Å². The molecule has 2 rings (SSSR count). The molecule has 0 aromatic carbocycles. The first-order valence-electron chi connectivity index (χ1n) is 6.55. The highest BCUT2D eigenvalue weighted by Crippen LogP contribution is 2.35. The van der Waals surface area contributed by atoms with Gasteiger partial charge in [0.2, 0.25) is 0 Å². The van der Waals surface area contributed by atoms with Crippen LogP contribution in [0.1, 0.15) is 32.6 Å². The molecule has 108 valence electrons. The van der Waals surface area contributed by atoms with E-state index in [0.717, 1.165) is 12.8 Å². The summed E-state index contributed by atoms with van der Waals surface area (Å²) in [7, 11) is 0. The van der Waals surface area contributed by atoms with Gasteiger partial charge in [-0.1, -0.05) is 6.92 Å². The Labute approximate surface area is 116 Å². The van der Waals surface area contributed by atoms with Crippen LogP contribution >= 0.6 is 0 Å².